The molecule has 0 atom stereocenters. The van der Waals surface area contributed by atoms with Gasteiger partial charge in [-0.05, 0) is 12.6 Å². The molecule has 0 radical (unpaired) electrons. The van der Waals surface area contributed by atoms with Crippen LogP contribution < -0.4 is 5.32 Å². The summed E-state index contributed by atoms with van der Waals surface area (Å²) in [6, 6.07) is 10.3. The highest BCUT2D eigenvalue weighted by Crippen LogP contribution is 2.01. The second-order valence-corrected chi connectivity index (χ2v) is 4.12. The number of nitrogens with zero attached hydrogens (tertiary/aromatic N) is 1. The number of aliphatic carboxylic acids is 1. The first-order valence-electron chi connectivity index (χ1n) is 5.83. The molecule has 17 heavy (non-hydrogen) atoms. The van der Waals surface area contributed by atoms with Crippen molar-refractivity contribution in [2.75, 3.05) is 26.7 Å². The van der Waals surface area contributed by atoms with Crippen LogP contribution in [0, 0.1) is 0 Å². The molecular formula is C13H20N2O2. The lowest BCUT2D eigenvalue weighted by Crippen LogP contribution is -2.30. The molecule has 0 aliphatic rings. The Morgan fingerprint density at radius 2 is 2.00 bits per heavy atom. The van der Waals surface area contributed by atoms with Gasteiger partial charge in [0.2, 0.25) is 0 Å². The minimum absolute atomic E-state index is 0.183. The second kappa shape index (κ2) is 7.81. The van der Waals surface area contributed by atoms with Crippen molar-refractivity contribution in [2.24, 2.45) is 0 Å². The lowest BCUT2D eigenvalue weighted by Gasteiger charge is -2.16. The van der Waals surface area contributed by atoms with Crippen molar-refractivity contribution in [1.82, 2.24) is 10.2 Å². The molecule has 4 heteroatoms. The summed E-state index contributed by atoms with van der Waals surface area (Å²) >= 11 is 0. The van der Waals surface area contributed by atoms with Gasteiger partial charge in [-0.3, -0.25) is 4.79 Å². The van der Waals surface area contributed by atoms with Gasteiger partial charge in [-0.25, -0.2) is 0 Å². The Labute approximate surface area is 102 Å². The number of carbonyl (C=O) groups is 1. The van der Waals surface area contributed by atoms with Crippen molar-refractivity contribution in [3.8, 4) is 0 Å². The number of carboxylic acid groups (broad SMARTS) is 1. The van der Waals surface area contributed by atoms with Crippen molar-refractivity contribution in [2.45, 2.75) is 13.0 Å². The molecule has 4 nitrogen and oxygen atoms in total. The van der Waals surface area contributed by atoms with E-state index in [-0.39, 0.29) is 6.42 Å². The highest BCUT2D eigenvalue weighted by atomic mass is 16.4. The SMILES string of the molecule is CN(CCNCCC(=O)O)Cc1ccccc1. The standard InChI is InChI=1S/C13H20N2O2/c1-15(10-9-14-8-7-13(16)17)11-12-5-3-2-4-6-12/h2-6,14H,7-11H2,1H3,(H,16,17). The molecule has 0 heterocycles. The third kappa shape index (κ3) is 6.71. The summed E-state index contributed by atoms with van der Waals surface area (Å²) in [4.78, 5) is 12.5. The zero-order chi connectivity index (χ0) is 12.5. The fourth-order valence-corrected chi connectivity index (χ4v) is 1.56. The number of benzene rings is 1. The molecule has 1 aromatic carbocycles. The van der Waals surface area contributed by atoms with Crippen LogP contribution in [-0.2, 0) is 11.3 Å². The zero-order valence-corrected chi connectivity index (χ0v) is 10.2. The maximum Gasteiger partial charge on any atom is 0.304 e. The second-order valence-electron chi connectivity index (χ2n) is 4.12. The van der Waals surface area contributed by atoms with Crippen LogP contribution in [0.1, 0.15) is 12.0 Å². The Morgan fingerprint density at radius 1 is 1.29 bits per heavy atom. The Bertz CT molecular complexity index is 327. The van der Waals surface area contributed by atoms with Gasteiger partial charge in [0, 0.05) is 26.2 Å². The fourth-order valence-electron chi connectivity index (χ4n) is 1.56. The molecule has 0 unspecified atom stereocenters. The smallest absolute Gasteiger partial charge is 0.304 e. The van der Waals surface area contributed by atoms with Gasteiger partial charge in [-0.1, -0.05) is 30.3 Å². The summed E-state index contributed by atoms with van der Waals surface area (Å²) in [5.41, 5.74) is 1.29. The predicted molar refractivity (Wildman–Crippen MR) is 67.9 cm³/mol. The quantitative estimate of drug-likeness (QED) is 0.666. The van der Waals surface area contributed by atoms with E-state index in [2.05, 4.69) is 29.4 Å². The van der Waals surface area contributed by atoms with Gasteiger partial charge in [-0.2, -0.15) is 0 Å². The van der Waals surface area contributed by atoms with E-state index in [9.17, 15) is 4.79 Å². The summed E-state index contributed by atoms with van der Waals surface area (Å²) in [5, 5.41) is 11.6. The highest BCUT2D eigenvalue weighted by molar-refractivity contribution is 5.66. The first-order chi connectivity index (χ1) is 8.18. The highest BCUT2D eigenvalue weighted by Gasteiger charge is 2.00. The largest absolute Gasteiger partial charge is 0.481 e. The van der Waals surface area contributed by atoms with Crippen LogP contribution in [0.5, 0.6) is 0 Å². The number of nitrogens with one attached hydrogen (secondary N) is 1. The predicted octanol–water partition coefficient (Wildman–Crippen LogP) is 1.18. The number of hydrogen-bond donors (Lipinski definition) is 2. The van der Waals surface area contributed by atoms with Gasteiger partial charge in [0.25, 0.3) is 0 Å². The maximum atomic E-state index is 10.3. The molecule has 0 aliphatic carbocycles. The number of rotatable bonds is 8. The summed E-state index contributed by atoms with van der Waals surface area (Å²) in [5.74, 6) is -0.754. The number of hydrogen-bond acceptors (Lipinski definition) is 3. The molecule has 0 bridgehead atoms. The van der Waals surface area contributed by atoms with E-state index in [0.717, 1.165) is 19.6 Å². The molecule has 2 N–H and O–H groups in total. The van der Waals surface area contributed by atoms with Crippen molar-refractivity contribution in [1.29, 1.82) is 0 Å². The maximum absolute atomic E-state index is 10.3. The van der Waals surface area contributed by atoms with E-state index in [4.69, 9.17) is 5.11 Å². The number of likely N-dealkylation sites (N-methyl/N-ethyl adjacent to an activating group) is 1. The summed E-state index contributed by atoms with van der Waals surface area (Å²) < 4.78 is 0. The molecule has 0 fully saturated rings. The Morgan fingerprint density at radius 3 is 2.65 bits per heavy atom. The Balaban J connectivity index is 2.09. The molecule has 1 aromatic rings. The molecule has 1 rings (SSSR count). The normalized spacial score (nSPS) is 10.7. The van der Waals surface area contributed by atoms with Crippen LogP contribution in [0.3, 0.4) is 0 Å². The summed E-state index contributed by atoms with van der Waals surface area (Å²) in [6.07, 6.45) is 0.183. The summed E-state index contributed by atoms with van der Waals surface area (Å²) in [7, 11) is 2.06. The molecular weight excluding hydrogens is 216 g/mol. The first-order valence-corrected chi connectivity index (χ1v) is 5.83. The fraction of sp³-hybridized carbons (Fsp3) is 0.462. The molecule has 0 aromatic heterocycles. The van der Waals surface area contributed by atoms with Crippen molar-refractivity contribution >= 4 is 5.97 Å². The van der Waals surface area contributed by atoms with Crippen molar-refractivity contribution in [3.63, 3.8) is 0 Å². The first kappa shape index (κ1) is 13.7. The summed E-state index contributed by atoms with van der Waals surface area (Å²) in [6.45, 7) is 3.18. The van der Waals surface area contributed by atoms with Gasteiger partial charge in [0.15, 0.2) is 0 Å². The molecule has 0 saturated heterocycles. The minimum Gasteiger partial charge on any atom is -0.481 e. The Hall–Kier alpha value is -1.39. The molecule has 94 valence electrons. The van der Waals surface area contributed by atoms with Crippen LogP contribution in [-0.4, -0.2) is 42.7 Å². The molecule has 0 saturated carbocycles. The van der Waals surface area contributed by atoms with Crippen LogP contribution in [0.25, 0.3) is 0 Å². The third-order valence-electron chi connectivity index (χ3n) is 2.48. The van der Waals surface area contributed by atoms with Crippen LogP contribution in [0.2, 0.25) is 0 Å². The third-order valence-corrected chi connectivity index (χ3v) is 2.48. The van der Waals surface area contributed by atoms with E-state index >= 15 is 0 Å². The van der Waals surface area contributed by atoms with E-state index in [1.807, 2.05) is 18.2 Å². The number of carboxylic acids is 1. The average molecular weight is 236 g/mol. The van der Waals surface area contributed by atoms with Gasteiger partial charge in [-0.15, -0.1) is 0 Å². The van der Waals surface area contributed by atoms with Crippen LogP contribution in [0.15, 0.2) is 30.3 Å². The Kier molecular flexibility index (Phi) is 6.29. The van der Waals surface area contributed by atoms with E-state index in [0.29, 0.717) is 6.54 Å². The average Bonchev–Trinajstić information content (AvgIpc) is 2.29. The van der Waals surface area contributed by atoms with Crippen molar-refractivity contribution < 1.29 is 9.90 Å². The molecule has 0 spiro atoms. The zero-order valence-electron chi connectivity index (χ0n) is 10.2. The van der Waals surface area contributed by atoms with Crippen LogP contribution in [0.4, 0.5) is 0 Å². The minimum atomic E-state index is -0.754. The monoisotopic (exact) mass is 236 g/mol. The van der Waals surface area contributed by atoms with E-state index < -0.39 is 5.97 Å². The van der Waals surface area contributed by atoms with Crippen molar-refractivity contribution in [3.05, 3.63) is 35.9 Å². The topological polar surface area (TPSA) is 52.6 Å². The van der Waals surface area contributed by atoms with E-state index in [1.54, 1.807) is 0 Å². The lowest BCUT2D eigenvalue weighted by atomic mass is 10.2. The van der Waals surface area contributed by atoms with E-state index in [1.165, 1.54) is 5.56 Å². The lowest BCUT2D eigenvalue weighted by molar-refractivity contribution is -0.136. The van der Waals surface area contributed by atoms with Gasteiger partial charge in [0.05, 0.1) is 6.42 Å². The van der Waals surface area contributed by atoms with Gasteiger partial charge < -0.3 is 15.3 Å². The van der Waals surface area contributed by atoms with Crippen LogP contribution >= 0.6 is 0 Å². The molecule has 0 amide bonds. The molecule has 0 aliphatic heterocycles. The van der Waals surface area contributed by atoms with Gasteiger partial charge in [0.1, 0.15) is 0 Å². The van der Waals surface area contributed by atoms with Gasteiger partial charge >= 0.3 is 5.97 Å².